The topological polar surface area (TPSA) is 98.3 Å². The largest absolute Gasteiger partial charge is 0.618 e. The molecule has 2 aromatic carbocycles. The molecule has 0 aromatic heterocycles. The molecule has 0 atom stereocenters. The minimum atomic E-state index is -0.676. The Bertz CT molecular complexity index is 869. The maximum absolute atomic E-state index is 13.4. The summed E-state index contributed by atoms with van der Waals surface area (Å²) in [6, 6.07) is 10.6. The van der Waals surface area contributed by atoms with E-state index in [2.05, 4.69) is 10.0 Å². The van der Waals surface area contributed by atoms with Crippen LogP contribution in [-0.4, -0.2) is 30.2 Å². The van der Waals surface area contributed by atoms with E-state index in [1.54, 1.807) is 24.3 Å². The van der Waals surface area contributed by atoms with Crippen LogP contribution in [0.15, 0.2) is 53.3 Å². The van der Waals surface area contributed by atoms with Crippen molar-refractivity contribution in [3.05, 3.63) is 75.3 Å². The molecule has 0 spiro atoms. The zero-order valence-electron chi connectivity index (χ0n) is 13.7. The summed E-state index contributed by atoms with van der Waals surface area (Å²) in [5.74, 6) is -1.00. The fraction of sp³-hybridized carbons (Fsp3) is 0.118. The SMILES string of the molecule is CN(C)c1ccc(/[N+]([O-])=C/C(O)=C/c2ccc(F)c(N=[N+]=[N-])c2)cc1. The summed E-state index contributed by atoms with van der Waals surface area (Å²) in [6.07, 6.45) is 2.25. The monoisotopic (exact) mass is 341 g/mol. The van der Waals surface area contributed by atoms with Gasteiger partial charge in [0.2, 0.25) is 11.9 Å². The molecule has 0 radical (unpaired) electrons. The van der Waals surface area contributed by atoms with Gasteiger partial charge in [-0.2, -0.15) is 4.74 Å². The van der Waals surface area contributed by atoms with Crippen LogP contribution >= 0.6 is 0 Å². The number of anilines is 1. The minimum Gasteiger partial charge on any atom is -0.618 e. The second kappa shape index (κ2) is 7.85. The van der Waals surface area contributed by atoms with Gasteiger partial charge in [0, 0.05) is 36.8 Å². The Kier molecular flexibility index (Phi) is 5.60. The van der Waals surface area contributed by atoms with Crippen LogP contribution in [0.2, 0.25) is 0 Å². The second-order valence-corrected chi connectivity index (χ2v) is 5.34. The van der Waals surface area contributed by atoms with Crippen molar-refractivity contribution < 1.29 is 14.2 Å². The molecule has 0 unspecified atom stereocenters. The summed E-state index contributed by atoms with van der Waals surface area (Å²) in [4.78, 5) is 4.43. The van der Waals surface area contributed by atoms with Crippen molar-refractivity contribution >= 4 is 29.4 Å². The number of aliphatic hydroxyl groups is 1. The highest BCUT2D eigenvalue weighted by atomic mass is 19.1. The first-order valence-corrected chi connectivity index (χ1v) is 7.24. The summed E-state index contributed by atoms with van der Waals surface area (Å²) >= 11 is 0. The molecule has 8 heteroatoms. The van der Waals surface area contributed by atoms with Crippen LogP contribution in [0.25, 0.3) is 16.5 Å². The van der Waals surface area contributed by atoms with Gasteiger partial charge in [-0.1, -0.05) is 11.2 Å². The number of azide groups is 1. The Balaban J connectivity index is 2.25. The quantitative estimate of drug-likeness (QED) is 0.125. The van der Waals surface area contributed by atoms with Gasteiger partial charge in [-0.3, -0.25) is 0 Å². The fourth-order valence-corrected chi connectivity index (χ4v) is 2.04. The third-order valence-corrected chi connectivity index (χ3v) is 3.31. The lowest BCUT2D eigenvalue weighted by Crippen LogP contribution is -2.08. The van der Waals surface area contributed by atoms with Crippen molar-refractivity contribution in [2.45, 2.75) is 0 Å². The van der Waals surface area contributed by atoms with Crippen molar-refractivity contribution in [3.8, 4) is 0 Å². The summed E-state index contributed by atoms with van der Waals surface area (Å²) in [5, 5.41) is 25.2. The molecule has 1 N–H and O–H groups in total. The van der Waals surface area contributed by atoms with Crippen molar-refractivity contribution in [2.24, 2.45) is 5.11 Å². The van der Waals surface area contributed by atoms with Crippen LogP contribution in [0.5, 0.6) is 0 Å². The highest BCUT2D eigenvalue weighted by Gasteiger charge is 2.05. The van der Waals surface area contributed by atoms with Crippen molar-refractivity contribution in [2.75, 3.05) is 19.0 Å². The van der Waals surface area contributed by atoms with Gasteiger partial charge in [-0.15, -0.1) is 0 Å². The first kappa shape index (κ1) is 17.8. The van der Waals surface area contributed by atoms with Gasteiger partial charge >= 0.3 is 0 Å². The van der Waals surface area contributed by atoms with E-state index in [4.69, 9.17) is 5.53 Å². The van der Waals surface area contributed by atoms with Crippen LogP contribution in [0, 0.1) is 11.0 Å². The third-order valence-electron chi connectivity index (χ3n) is 3.31. The molecule has 0 saturated carbocycles. The smallest absolute Gasteiger partial charge is 0.222 e. The van der Waals surface area contributed by atoms with E-state index in [9.17, 15) is 14.7 Å². The van der Waals surface area contributed by atoms with E-state index in [1.165, 1.54) is 18.2 Å². The Morgan fingerprint density at radius 3 is 2.56 bits per heavy atom. The van der Waals surface area contributed by atoms with E-state index in [-0.39, 0.29) is 11.4 Å². The summed E-state index contributed by atoms with van der Waals surface area (Å²) in [7, 11) is 3.77. The van der Waals surface area contributed by atoms with Crippen LogP contribution in [0.3, 0.4) is 0 Å². The zero-order valence-corrected chi connectivity index (χ0v) is 13.7. The van der Waals surface area contributed by atoms with Gasteiger partial charge in [-0.05, 0) is 41.4 Å². The number of rotatable bonds is 5. The molecule has 0 fully saturated rings. The average molecular weight is 341 g/mol. The van der Waals surface area contributed by atoms with E-state index in [0.717, 1.165) is 18.0 Å². The molecule has 0 saturated heterocycles. The molecule has 0 amide bonds. The summed E-state index contributed by atoms with van der Waals surface area (Å²) in [6.45, 7) is 0. The molecule has 0 aliphatic carbocycles. The molecular formula is C17H16FN5O2. The molecule has 0 aliphatic heterocycles. The Labute approximate surface area is 143 Å². The molecule has 2 rings (SSSR count). The highest BCUT2D eigenvalue weighted by molar-refractivity contribution is 5.80. The number of nitrogens with zero attached hydrogens (tertiary/aromatic N) is 5. The Morgan fingerprint density at radius 1 is 1.28 bits per heavy atom. The number of allylic oxidation sites excluding steroid dienone is 1. The lowest BCUT2D eigenvalue weighted by molar-refractivity contribution is -0.355. The van der Waals surface area contributed by atoms with Crippen molar-refractivity contribution in [3.63, 3.8) is 0 Å². The molecule has 0 heterocycles. The van der Waals surface area contributed by atoms with E-state index >= 15 is 0 Å². The molecule has 2 aromatic rings. The lowest BCUT2D eigenvalue weighted by Gasteiger charge is -2.12. The van der Waals surface area contributed by atoms with E-state index in [1.807, 2.05) is 19.0 Å². The van der Waals surface area contributed by atoms with Crippen molar-refractivity contribution in [1.82, 2.24) is 0 Å². The number of aliphatic hydroxyl groups excluding tert-OH is 1. The summed E-state index contributed by atoms with van der Waals surface area (Å²) in [5.41, 5.74) is 9.86. The van der Waals surface area contributed by atoms with Gasteiger partial charge in [0.05, 0.1) is 5.69 Å². The molecule has 25 heavy (non-hydrogen) atoms. The predicted octanol–water partition coefficient (Wildman–Crippen LogP) is 4.65. The number of hydrogen-bond donors (Lipinski definition) is 1. The third kappa shape index (κ3) is 4.73. The van der Waals surface area contributed by atoms with Crippen molar-refractivity contribution in [1.29, 1.82) is 0 Å². The number of halogens is 1. The molecule has 7 nitrogen and oxygen atoms in total. The normalized spacial score (nSPS) is 11.8. The Morgan fingerprint density at radius 2 is 1.96 bits per heavy atom. The van der Waals surface area contributed by atoms with Gasteiger partial charge in [0.1, 0.15) is 5.82 Å². The fourth-order valence-electron chi connectivity index (χ4n) is 2.04. The molecule has 0 bridgehead atoms. The van der Waals surface area contributed by atoms with Gasteiger partial charge in [-0.25, -0.2) is 4.39 Å². The van der Waals surface area contributed by atoms with E-state index < -0.39 is 5.82 Å². The predicted molar refractivity (Wildman–Crippen MR) is 95.9 cm³/mol. The van der Waals surface area contributed by atoms with E-state index in [0.29, 0.717) is 16.0 Å². The van der Waals surface area contributed by atoms with Crippen LogP contribution in [0.1, 0.15) is 5.56 Å². The number of hydrogen-bond acceptors (Lipinski definition) is 4. The second-order valence-electron chi connectivity index (χ2n) is 5.34. The maximum atomic E-state index is 13.4. The number of benzene rings is 2. The molecular weight excluding hydrogens is 325 g/mol. The standard InChI is InChI=1S/C17H16FN5O2/c1-22(2)13-4-6-14(7-5-13)23(25)11-15(24)9-12-3-8-16(18)17(10-12)20-21-19/h3-11,24H,1-2H3/b15-9-,23-11-. The highest BCUT2D eigenvalue weighted by Crippen LogP contribution is 2.21. The first-order chi connectivity index (χ1) is 11.9. The first-order valence-electron chi connectivity index (χ1n) is 7.24. The van der Waals surface area contributed by atoms with Gasteiger partial charge in [0.15, 0.2) is 5.76 Å². The Hall–Kier alpha value is -3.51. The zero-order chi connectivity index (χ0) is 18.4. The van der Waals surface area contributed by atoms with Gasteiger partial charge in [0.25, 0.3) is 0 Å². The van der Waals surface area contributed by atoms with Crippen LogP contribution in [0.4, 0.5) is 21.5 Å². The minimum absolute atomic E-state index is 0.192. The lowest BCUT2D eigenvalue weighted by atomic mass is 10.2. The molecule has 0 aliphatic rings. The van der Waals surface area contributed by atoms with Crippen LogP contribution in [-0.2, 0) is 0 Å². The maximum Gasteiger partial charge on any atom is 0.222 e. The summed E-state index contributed by atoms with van der Waals surface area (Å²) < 4.78 is 13.9. The average Bonchev–Trinajstić information content (AvgIpc) is 2.58. The van der Waals surface area contributed by atoms with Gasteiger partial charge < -0.3 is 15.2 Å². The van der Waals surface area contributed by atoms with Crippen LogP contribution < -0.4 is 4.90 Å². The molecule has 128 valence electrons.